The number of pyridine rings is 4. The van der Waals surface area contributed by atoms with Crippen molar-refractivity contribution < 1.29 is 45.5 Å². The van der Waals surface area contributed by atoms with E-state index in [0.717, 1.165) is 188 Å². The molecule has 8 heterocycles. The van der Waals surface area contributed by atoms with Crippen molar-refractivity contribution >= 4 is 111 Å². The molecule has 0 saturated carbocycles. The quantitative estimate of drug-likeness (QED) is 0.106. The summed E-state index contributed by atoms with van der Waals surface area (Å²) in [5.74, 6) is -0.705. The van der Waals surface area contributed by atoms with Crippen LogP contribution in [0.1, 0.15) is 90.8 Å². The SMILES string of the molecule is [2H]C(C)(C)c1cc[n+](C)c(-c2c(C)ccc3c2oc2c(-c4ccccc4)c([N+]#[C-])ccc23)c1.[2H]C([2H])([2H])c1c[n+](C)c(-c2c(C)ccc3c2oc2c(-c4ccccc4)c([N+]#[C-])ccc23)cc1C.[2H]C([2H])([2H])c1ccc(-c2c(C)ccc3c2oc2c(-c4ccccc4)c([N+]#[C-])ccc23)[n+](C)c1C.[C-]#[N+]c1ccc2c(oc3c(-c4cc(C)cc(C)[n+]4C)c(C)ccc32)c1-c1ccccc1. The molecule has 0 fully saturated rings. The molecule has 20 aromatic rings. The minimum atomic E-state index is -2.18. The van der Waals surface area contributed by atoms with Crippen LogP contribution in [-0.2, 0) is 28.2 Å². The first-order valence-electron chi connectivity index (χ1n) is 44.9. The van der Waals surface area contributed by atoms with Gasteiger partial charge in [0.25, 0.3) is 0 Å². The maximum atomic E-state index is 8.51. The summed E-state index contributed by atoms with van der Waals surface area (Å²) in [5.41, 5.74) is 32.9. The van der Waals surface area contributed by atoms with Crippen molar-refractivity contribution in [2.45, 2.75) is 88.8 Å². The van der Waals surface area contributed by atoms with E-state index >= 15 is 0 Å². The fourth-order valence-corrected chi connectivity index (χ4v) is 17.5. The van der Waals surface area contributed by atoms with Crippen molar-refractivity contribution in [2.75, 3.05) is 0 Å². The van der Waals surface area contributed by atoms with E-state index in [1.165, 1.54) is 16.8 Å². The lowest BCUT2D eigenvalue weighted by atomic mass is 9.96. The summed E-state index contributed by atoms with van der Waals surface area (Å²) in [7, 11) is 7.85. The molecule has 0 spiro atoms. The summed E-state index contributed by atoms with van der Waals surface area (Å²) in [6.07, 6.45) is 3.69. The Morgan fingerprint density at radius 3 is 0.944 bits per heavy atom. The van der Waals surface area contributed by atoms with Crippen LogP contribution in [-0.4, -0.2) is 0 Å². The molecule has 606 valence electrons. The van der Waals surface area contributed by atoms with Gasteiger partial charge in [0.05, 0.1) is 48.5 Å². The maximum absolute atomic E-state index is 8.51. The molecule has 12 nitrogen and oxygen atoms in total. The van der Waals surface area contributed by atoms with Crippen LogP contribution in [0, 0.1) is 95.4 Å². The van der Waals surface area contributed by atoms with Crippen molar-refractivity contribution in [3.63, 3.8) is 0 Å². The predicted molar refractivity (Wildman–Crippen MR) is 510 cm³/mol. The molecule has 0 bridgehead atoms. The van der Waals surface area contributed by atoms with E-state index in [-0.39, 0.29) is 0 Å². The van der Waals surface area contributed by atoms with Gasteiger partial charge in [0.1, 0.15) is 72.9 Å². The molecular weight excluding hydrogens is 1530 g/mol. The van der Waals surface area contributed by atoms with Gasteiger partial charge in [-0.05, 0) is 128 Å². The van der Waals surface area contributed by atoms with Gasteiger partial charge < -0.3 is 17.7 Å². The van der Waals surface area contributed by atoms with Crippen molar-refractivity contribution in [2.24, 2.45) is 28.2 Å². The number of nitrogens with zero attached hydrogens (tertiary/aromatic N) is 8. The second-order valence-corrected chi connectivity index (χ2v) is 32.4. The van der Waals surface area contributed by atoms with Gasteiger partial charge in [0, 0.05) is 136 Å². The van der Waals surface area contributed by atoms with Gasteiger partial charge in [-0.25, -0.2) is 28.5 Å². The summed E-state index contributed by atoms with van der Waals surface area (Å²) in [6.45, 7) is 46.5. The topological polar surface area (TPSA) is 85.5 Å². The molecule has 0 aliphatic rings. The Kier molecular flexibility index (Phi) is 19.6. The average molecular weight is 1640 g/mol. The molecule has 0 amide bonds. The Hall–Kier alpha value is -15.6. The van der Waals surface area contributed by atoms with Crippen LogP contribution in [0.5, 0.6) is 0 Å². The number of fused-ring (bicyclic) bond motifs is 12. The fourth-order valence-electron chi connectivity index (χ4n) is 17.5. The van der Waals surface area contributed by atoms with Crippen LogP contribution >= 0.6 is 0 Å². The van der Waals surface area contributed by atoms with E-state index in [1.54, 1.807) is 12.3 Å². The molecule has 0 saturated heterocycles. The third-order valence-electron chi connectivity index (χ3n) is 24.3. The Labute approximate surface area is 738 Å². The van der Waals surface area contributed by atoms with E-state index < -0.39 is 19.6 Å². The number of hydrogen-bond donors (Lipinski definition) is 0. The molecule has 0 aliphatic heterocycles. The zero-order chi connectivity index (χ0) is 93.4. The Morgan fingerprint density at radius 2 is 0.608 bits per heavy atom. The maximum Gasteiger partial charge on any atom is 0.216 e. The van der Waals surface area contributed by atoms with Gasteiger partial charge in [-0.1, -0.05) is 232 Å². The molecule has 20 rings (SSSR count). The number of aromatic nitrogens is 4. The lowest BCUT2D eigenvalue weighted by molar-refractivity contribution is -0.667. The molecule has 12 aromatic carbocycles. The Balaban J connectivity index is 0.000000123. The first-order valence-corrected chi connectivity index (χ1v) is 41.4. The van der Waals surface area contributed by atoms with Crippen LogP contribution < -0.4 is 18.3 Å². The highest BCUT2D eigenvalue weighted by Gasteiger charge is 2.31. The lowest BCUT2D eigenvalue weighted by Crippen LogP contribution is -2.35. The molecule has 0 atom stereocenters. The standard InChI is InChI=1S/C29H25N2O.3C28H23N2O/c1-18(2)21-15-16-31(5)25(17-21)26-19(3)11-12-22-23-13-14-24(30-4)27(29(23)32-28(22)26)20-9-7-6-8-10-20;1-17-12-16-24(30(5)19(17)3)25-18(2)11-13-21-22-14-15-23(29-4)26(28(22)31-27(21)25)20-9-7-6-8-10-20;1-17-15-19(3)30(5)24(16-17)25-18(2)11-12-21-22-13-14-23(29-4)26(28(22)31-27(21)25)20-9-7-6-8-10-20;1-17-11-12-21-22-13-14-23(29-4)26(20-9-7-6-8-10-20)28(22)31-27(21)25(17)24-15-18(2)19(3)16-30(24)5/h6-18H,1-3,5H3;3*6-16H,1-3,5H3/q4*+1/i18D;1D3;;3D3. The first-order chi connectivity index (χ1) is 63.2. The van der Waals surface area contributed by atoms with Gasteiger partial charge in [-0.15, -0.1) is 0 Å². The van der Waals surface area contributed by atoms with Crippen molar-refractivity contribution in [1.82, 2.24) is 0 Å². The van der Waals surface area contributed by atoms with Crippen molar-refractivity contribution in [3.05, 3.63) is 380 Å². The minimum Gasteiger partial charge on any atom is -0.456 e. The zero-order valence-electron chi connectivity index (χ0n) is 79.2. The van der Waals surface area contributed by atoms with Crippen LogP contribution in [0.3, 0.4) is 0 Å². The Bertz CT molecular complexity index is 8080. The van der Waals surface area contributed by atoms with E-state index in [1.807, 2.05) is 266 Å². The van der Waals surface area contributed by atoms with E-state index in [0.29, 0.717) is 56.3 Å². The molecule has 0 aliphatic carbocycles. The first kappa shape index (κ1) is 73.3. The van der Waals surface area contributed by atoms with Gasteiger partial charge in [0.15, 0.2) is 46.5 Å². The van der Waals surface area contributed by atoms with Crippen molar-refractivity contribution in [3.8, 4) is 89.5 Å². The molecule has 125 heavy (non-hydrogen) atoms. The average Bonchev–Trinajstić information content (AvgIpc) is 1.62. The van der Waals surface area contributed by atoms with Crippen molar-refractivity contribution in [1.29, 1.82) is 0 Å². The Morgan fingerprint density at radius 1 is 0.296 bits per heavy atom. The van der Waals surface area contributed by atoms with Gasteiger partial charge in [0.2, 0.25) is 22.8 Å². The number of aryl methyl sites for hydroxylation is 11. The normalized spacial score (nSPS) is 12.4. The number of rotatable bonds is 9. The summed E-state index contributed by atoms with van der Waals surface area (Å²) in [6, 6.07) is 85.7. The largest absolute Gasteiger partial charge is 0.456 e. The summed E-state index contributed by atoms with van der Waals surface area (Å²) < 4.78 is 90.1. The zero-order valence-corrected chi connectivity index (χ0v) is 72.2. The molecule has 8 aromatic heterocycles. The highest BCUT2D eigenvalue weighted by Crippen LogP contribution is 2.50. The third-order valence-corrected chi connectivity index (χ3v) is 24.3. The smallest absolute Gasteiger partial charge is 0.216 e. The fraction of sp³-hybridized carbons (Fsp3) is 0.150. The second-order valence-electron chi connectivity index (χ2n) is 32.4. The monoisotopic (exact) mass is 1630 g/mol. The van der Waals surface area contributed by atoms with Gasteiger partial charge in [-0.2, -0.15) is 9.13 Å². The van der Waals surface area contributed by atoms with Gasteiger partial charge in [-0.3, -0.25) is 0 Å². The summed E-state index contributed by atoms with van der Waals surface area (Å²) in [5, 5.41) is 7.94. The number of hydrogen-bond acceptors (Lipinski definition) is 4. The predicted octanol–water partition coefficient (Wildman–Crippen LogP) is 29.4. The summed E-state index contributed by atoms with van der Waals surface area (Å²) >= 11 is 0. The van der Waals surface area contributed by atoms with Crippen LogP contribution in [0.25, 0.3) is 197 Å². The van der Waals surface area contributed by atoms with Gasteiger partial charge >= 0.3 is 0 Å². The minimum absolute atomic E-state index is 0.334. The lowest BCUT2D eigenvalue weighted by Gasteiger charge is -2.09. The third kappa shape index (κ3) is 14.6. The molecule has 0 unspecified atom stereocenters. The summed E-state index contributed by atoms with van der Waals surface area (Å²) in [4.78, 5) is 15.1. The highest BCUT2D eigenvalue weighted by molar-refractivity contribution is 6.19. The highest BCUT2D eigenvalue weighted by atomic mass is 16.3. The number of benzene rings is 12. The van der Waals surface area contributed by atoms with Crippen LogP contribution in [0.15, 0.2) is 291 Å². The molecule has 12 heteroatoms. The second kappa shape index (κ2) is 33.4. The van der Waals surface area contributed by atoms with E-state index in [2.05, 4.69) is 130 Å². The number of furan rings is 4. The van der Waals surface area contributed by atoms with E-state index in [4.69, 9.17) is 53.6 Å². The van der Waals surface area contributed by atoms with Crippen LogP contribution in [0.2, 0.25) is 0 Å². The molecule has 0 N–H and O–H groups in total. The van der Waals surface area contributed by atoms with Crippen LogP contribution in [0.4, 0.5) is 22.7 Å². The van der Waals surface area contributed by atoms with E-state index in [9.17, 15) is 0 Å². The molecular formula is C113H94N8O4+4. The molecule has 0 radical (unpaired) electrons.